The number of hydrogen-bond acceptors (Lipinski definition) is 5. The standard InChI is InChI=1S/C18H22N2O3/c21-12-15-7-8-19-11-18(15)20-10-14-3-5-16(6-4-14)23-13-17-2-1-9-22-17/h3-8,11,17,20-21H,1-2,9-10,12-13H2. The Morgan fingerprint density at radius 3 is 2.87 bits per heavy atom. The lowest BCUT2D eigenvalue weighted by atomic mass is 10.2. The summed E-state index contributed by atoms with van der Waals surface area (Å²) in [5, 5.41) is 12.6. The van der Waals surface area contributed by atoms with E-state index in [1.807, 2.05) is 30.3 Å². The summed E-state index contributed by atoms with van der Waals surface area (Å²) in [6, 6.07) is 9.83. The number of ether oxygens (including phenoxy) is 2. The van der Waals surface area contributed by atoms with Crippen molar-refractivity contribution in [3.8, 4) is 5.75 Å². The molecule has 1 fully saturated rings. The highest BCUT2D eigenvalue weighted by Crippen LogP contribution is 2.18. The normalized spacial score (nSPS) is 17.2. The molecule has 0 spiro atoms. The number of aliphatic hydroxyl groups excluding tert-OH is 1. The van der Waals surface area contributed by atoms with Crippen molar-refractivity contribution in [1.29, 1.82) is 0 Å². The second kappa shape index (κ2) is 7.94. The minimum atomic E-state index is 0.000862. The van der Waals surface area contributed by atoms with Crippen molar-refractivity contribution >= 4 is 5.69 Å². The van der Waals surface area contributed by atoms with Crippen molar-refractivity contribution in [3.63, 3.8) is 0 Å². The Morgan fingerprint density at radius 1 is 1.26 bits per heavy atom. The highest BCUT2D eigenvalue weighted by atomic mass is 16.5. The van der Waals surface area contributed by atoms with Crippen LogP contribution in [0.1, 0.15) is 24.0 Å². The van der Waals surface area contributed by atoms with Crippen molar-refractivity contribution in [2.75, 3.05) is 18.5 Å². The predicted octanol–water partition coefficient (Wildman–Crippen LogP) is 2.74. The molecule has 1 saturated heterocycles. The molecule has 1 unspecified atom stereocenters. The van der Waals surface area contributed by atoms with Crippen LogP contribution in [-0.2, 0) is 17.9 Å². The minimum absolute atomic E-state index is 0.000862. The molecule has 2 aromatic rings. The summed E-state index contributed by atoms with van der Waals surface area (Å²) in [7, 11) is 0. The summed E-state index contributed by atoms with van der Waals surface area (Å²) < 4.78 is 11.3. The van der Waals surface area contributed by atoms with E-state index in [0.29, 0.717) is 13.2 Å². The van der Waals surface area contributed by atoms with Crippen LogP contribution >= 0.6 is 0 Å². The average Bonchev–Trinajstić information content (AvgIpc) is 3.13. The lowest BCUT2D eigenvalue weighted by molar-refractivity contribution is 0.0679. The Bertz CT molecular complexity index is 610. The molecule has 1 aliphatic rings. The van der Waals surface area contributed by atoms with Gasteiger partial charge in [-0.25, -0.2) is 0 Å². The van der Waals surface area contributed by atoms with E-state index in [0.717, 1.165) is 42.0 Å². The van der Waals surface area contributed by atoms with Gasteiger partial charge in [0.05, 0.1) is 24.6 Å². The molecule has 5 nitrogen and oxygen atoms in total. The number of benzene rings is 1. The summed E-state index contributed by atoms with van der Waals surface area (Å²) >= 11 is 0. The van der Waals surface area contributed by atoms with Gasteiger partial charge in [0.2, 0.25) is 0 Å². The van der Waals surface area contributed by atoms with Gasteiger partial charge in [-0.1, -0.05) is 12.1 Å². The number of anilines is 1. The Hall–Kier alpha value is -2.11. The van der Waals surface area contributed by atoms with E-state index in [-0.39, 0.29) is 12.7 Å². The second-order valence-corrected chi connectivity index (χ2v) is 5.63. The Morgan fingerprint density at radius 2 is 2.13 bits per heavy atom. The van der Waals surface area contributed by atoms with Gasteiger partial charge in [-0.05, 0) is 36.6 Å². The molecule has 5 heteroatoms. The van der Waals surface area contributed by atoms with Crippen LogP contribution in [0, 0.1) is 0 Å². The van der Waals surface area contributed by atoms with Gasteiger partial charge >= 0.3 is 0 Å². The highest BCUT2D eigenvalue weighted by Gasteiger charge is 2.15. The first kappa shape index (κ1) is 15.8. The highest BCUT2D eigenvalue weighted by molar-refractivity contribution is 5.49. The number of aromatic nitrogens is 1. The van der Waals surface area contributed by atoms with Gasteiger partial charge in [0, 0.05) is 24.9 Å². The molecule has 23 heavy (non-hydrogen) atoms. The molecule has 2 N–H and O–H groups in total. The zero-order chi connectivity index (χ0) is 15.9. The van der Waals surface area contributed by atoms with Crippen LogP contribution in [0.2, 0.25) is 0 Å². The zero-order valence-corrected chi connectivity index (χ0v) is 13.1. The first-order chi connectivity index (χ1) is 11.3. The molecule has 1 atom stereocenters. The molecule has 0 bridgehead atoms. The predicted molar refractivity (Wildman–Crippen MR) is 88.4 cm³/mol. The number of pyridine rings is 1. The van der Waals surface area contributed by atoms with Crippen molar-refractivity contribution in [3.05, 3.63) is 53.9 Å². The number of nitrogens with one attached hydrogen (secondary N) is 1. The van der Waals surface area contributed by atoms with Crippen LogP contribution in [0.5, 0.6) is 5.75 Å². The molecular weight excluding hydrogens is 292 g/mol. The summed E-state index contributed by atoms with van der Waals surface area (Å²) in [5.74, 6) is 0.863. The van der Waals surface area contributed by atoms with E-state index >= 15 is 0 Å². The third kappa shape index (κ3) is 4.43. The first-order valence-electron chi connectivity index (χ1n) is 7.96. The summed E-state index contributed by atoms with van der Waals surface area (Å²) in [6.45, 7) is 2.14. The van der Waals surface area contributed by atoms with E-state index in [9.17, 15) is 5.11 Å². The number of hydrogen-bond donors (Lipinski definition) is 2. The van der Waals surface area contributed by atoms with Gasteiger partial charge in [-0.15, -0.1) is 0 Å². The third-order valence-corrected chi connectivity index (χ3v) is 3.95. The molecule has 2 heterocycles. The monoisotopic (exact) mass is 314 g/mol. The van der Waals surface area contributed by atoms with Crippen molar-refractivity contribution in [2.45, 2.75) is 32.1 Å². The lowest BCUT2D eigenvalue weighted by Gasteiger charge is -2.12. The first-order valence-corrected chi connectivity index (χ1v) is 7.96. The molecule has 1 aliphatic heterocycles. The SMILES string of the molecule is OCc1ccncc1NCc1ccc(OCC2CCCO2)cc1. The Kier molecular flexibility index (Phi) is 5.45. The van der Waals surface area contributed by atoms with Crippen LogP contribution in [0.4, 0.5) is 5.69 Å². The molecule has 0 radical (unpaired) electrons. The van der Waals surface area contributed by atoms with E-state index in [2.05, 4.69) is 10.3 Å². The fourth-order valence-electron chi connectivity index (χ4n) is 2.59. The van der Waals surface area contributed by atoms with E-state index in [1.54, 1.807) is 12.4 Å². The van der Waals surface area contributed by atoms with E-state index in [4.69, 9.17) is 9.47 Å². The van der Waals surface area contributed by atoms with Gasteiger partial charge in [-0.2, -0.15) is 0 Å². The van der Waals surface area contributed by atoms with Gasteiger partial charge in [-0.3, -0.25) is 4.98 Å². The quantitative estimate of drug-likeness (QED) is 0.823. The van der Waals surface area contributed by atoms with Crippen LogP contribution in [-0.4, -0.2) is 29.4 Å². The van der Waals surface area contributed by atoms with Crippen molar-refractivity contribution < 1.29 is 14.6 Å². The van der Waals surface area contributed by atoms with Crippen LogP contribution in [0.25, 0.3) is 0 Å². The van der Waals surface area contributed by atoms with Crippen LogP contribution in [0.15, 0.2) is 42.7 Å². The van der Waals surface area contributed by atoms with Crippen molar-refractivity contribution in [2.24, 2.45) is 0 Å². The minimum Gasteiger partial charge on any atom is -0.491 e. The van der Waals surface area contributed by atoms with Gasteiger partial charge in [0.15, 0.2) is 0 Å². The lowest BCUT2D eigenvalue weighted by Crippen LogP contribution is -2.16. The van der Waals surface area contributed by atoms with Crippen molar-refractivity contribution in [1.82, 2.24) is 4.98 Å². The Balaban J connectivity index is 1.50. The molecular formula is C18H22N2O3. The van der Waals surface area contributed by atoms with Crippen LogP contribution < -0.4 is 10.1 Å². The second-order valence-electron chi connectivity index (χ2n) is 5.63. The smallest absolute Gasteiger partial charge is 0.119 e. The number of rotatable bonds is 7. The Labute approximate surface area is 136 Å². The topological polar surface area (TPSA) is 63.6 Å². The molecule has 1 aromatic carbocycles. The largest absolute Gasteiger partial charge is 0.491 e. The van der Waals surface area contributed by atoms with Gasteiger partial charge in [0.1, 0.15) is 12.4 Å². The molecule has 0 aliphatic carbocycles. The van der Waals surface area contributed by atoms with Gasteiger partial charge in [0.25, 0.3) is 0 Å². The molecule has 3 rings (SSSR count). The van der Waals surface area contributed by atoms with Gasteiger partial charge < -0.3 is 19.9 Å². The number of nitrogens with zero attached hydrogens (tertiary/aromatic N) is 1. The maximum absolute atomic E-state index is 9.31. The summed E-state index contributed by atoms with van der Waals surface area (Å²) in [4.78, 5) is 4.08. The van der Waals surface area contributed by atoms with E-state index in [1.165, 1.54) is 0 Å². The maximum Gasteiger partial charge on any atom is 0.119 e. The molecule has 0 saturated carbocycles. The van der Waals surface area contributed by atoms with Crippen LogP contribution in [0.3, 0.4) is 0 Å². The summed E-state index contributed by atoms with van der Waals surface area (Å²) in [5.41, 5.74) is 2.84. The summed E-state index contributed by atoms with van der Waals surface area (Å²) in [6.07, 6.45) is 5.85. The third-order valence-electron chi connectivity index (χ3n) is 3.95. The zero-order valence-electron chi connectivity index (χ0n) is 13.1. The molecule has 122 valence electrons. The fourth-order valence-corrected chi connectivity index (χ4v) is 2.59. The molecule has 0 amide bonds. The number of aliphatic hydroxyl groups is 1. The molecule has 1 aromatic heterocycles. The maximum atomic E-state index is 9.31. The average molecular weight is 314 g/mol. The van der Waals surface area contributed by atoms with E-state index < -0.39 is 0 Å². The fraction of sp³-hybridized carbons (Fsp3) is 0.389.